The van der Waals surface area contributed by atoms with Crippen molar-refractivity contribution in [2.45, 2.75) is 6.42 Å². The molecule has 0 amide bonds. The van der Waals surface area contributed by atoms with Crippen molar-refractivity contribution in [2.75, 3.05) is 0 Å². The molecule has 14 heavy (non-hydrogen) atoms. The number of carbonyl (C=O) groups is 1. The van der Waals surface area contributed by atoms with Gasteiger partial charge in [-0.15, -0.1) is 0 Å². The van der Waals surface area contributed by atoms with Gasteiger partial charge in [0.05, 0.1) is 12.0 Å². The van der Waals surface area contributed by atoms with E-state index < -0.39 is 24.0 Å². The number of aromatic hydroxyl groups is 1. The van der Waals surface area contributed by atoms with Crippen LogP contribution in [-0.4, -0.2) is 16.2 Å². The fraction of sp³-hybridized carbons (Fsp3) is 0.111. The molecule has 0 bridgehead atoms. The number of benzene rings is 1. The van der Waals surface area contributed by atoms with Crippen molar-refractivity contribution < 1.29 is 19.4 Å². The highest BCUT2D eigenvalue weighted by atomic mass is 19.1. The molecule has 0 heterocycles. The number of phenols is 1. The second-order valence-electron chi connectivity index (χ2n) is 2.61. The number of aliphatic carboxylic acids is 1. The third-order valence-electron chi connectivity index (χ3n) is 1.67. The molecule has 0 atom stereocenters. The molecule has 0 aliphatic carbocycles. The minimum Gasteiger partial charge on any atom is -0.508 e. The van der Waals surface area contributed by atoms with Gasteiger partial charge in [-0.3, -0.25) is 4.79 Å². The first-order valence-electron chi connectivity index (χ1n) is 3.68. The van der Waals surface area contributed by atoms with Crippen molar-refractivity contribution in [1.82, 2.24) is 0 Å². The standard InChI is InChI=1S/C9H6FNO3/c10-9-5(4-11)1-2-7(12)6(9)3-8(13)14/h1-2,12H,3H2,(H,13,14). The third kappa shape index (κ3) is 1.80. The van der Waals surface area contributed by atoms with E-state index in [0.717, 1.165) is 12.1 Å². The summed E-state index contributed by atoms with van der Waals surface area (Å²) >= 11 is 0. The van der Waals surface area contributed by atoms with E-state index in [1.807, 2.05) is 0 Å². The van der Waals surface area contributed by atoms with E-state index >= 15 is 0 Å². The monoisotopic (exact) mass is 195 g/mol. The van der Waals surface area contributed by atoms with Crippen molar-refractivity contribution in [1.29, 1.82) is 5.26 Å². The van der Waals surface area contributed by atoms with Gasteiger partial charge in [-0.25, -0.2) is 4.39 Å². The molecule has 0 saturated carbocycles. The first-order chi connectivity index (χ1) is 6.56. The first-order valence-corrected chi connectivity index (χ1v) is 3.68. The van der Waals surface area contributed by atoms with E-state index in [0.29, 0.717) is 0 Å². The van der Waals surface area contributed by atoms with Gasteiger partial charge in [0.25, 0.3) is 0 Å². The first kappa shape index (κ1) is 9.99. The van der Waals surface area contributed by atoms with Crippen LogP contribution in [0.15, 0.2) is 12.1 Å². The van der Waals surface area contributed by atoms with Crippen molar-refractivity contribution in [2.24, 2.45) is 0 Å². The van der Waals surface area contributed by atoms with E-state index in [-0.39, 0.29) is 11.1 Å². The third-order valence-corrected chi connectivity index (χ3v) is 1.67. The summed E-state index contributed by atoms with van der Waals surface area (Å²) in [6.07, 6.45) is -0.646. The summed E-state index contributed by atoms with van der Waals surface area (Å²) in [7, 11) is 0. The summed E-state index contributed by atoms with van der Waals surface area (Å²) in [5.41, 5.74) is -0.643. The summed E-state index contributed by atoms with van der Waals surface area (Å²) in [6.45, 7) is 0. The zero-order valence-corrected chi connectivity index (χ0v) is 6.99. The molecule has 0 unspecified atom stereocenters. The van der Waals surface area contributed by atoms with Crippen LogP contribution in [-0.2, 0) is 11.2 Å². The van der Waals surface area contributed by atoms with Gasteiger partial charge >= 0.3 is 5.97 Å². The predicted octanol–water partition coefficient (Wildman–Crippen LogP) is 1.03. The number of halogens is 1. The van der Waals surface area contributed by atoms with Crippen LogP contribution in [0.2, 0.25) is 0 Å². The zero-order chi connectivity index (χ0) is 10.7. The molecule has 0 aliphatic rings. The Kier molecular flexibility index (Phi) is 2.67. The van der Waals surface area contributed by atoms with Gasteiger partial charge in [-0.1, -0.05) is 0 Å². The number of hydrogen-bond donors (Lipinski definition) is 2. The van der Waals surface area contributed by atoms with E-state index in [9.17, 15) is 9.18 Å². The average Bonchev–Trinajstić information content (AvgIpc) is 2.12. The minimum atomic E-state index is -1.27. The molecule has 72 valence electrons. The van der Waals surface area contributed by atoms with E-state index in [2.05, 4.69) is 0 Å². The molecule has 0 fully saturated rings. The van der Waals surface area contributed by atoms with Crippen LogP contribution in [0, 0.1) is 17.1 Å². The lowest BCUT2D eigenvalue weighted by atomic mass is 10.1. The number of nitrogens with zero attached hydrogens (tertiary/aromatic N) is 1. The summed E-state index contributed by atoms with van der Waals surface area (Å²) in [6, 6.07) is 3.75. The van der Waals surface area contributed by atoms with Gasteiger partial charge in [0.15, 0.2) is 0 Å². The fourth-order valence-electron chi connectivity index (χ4n) is 1.02. The molecule has 1 rings (SSSR count). The number of carboxylic acid groups (broad SMARTS) is 1. The molecule has 0 saturated heterocycles. The lowest BCUT2D eigenvalue weighted by Crippen LogP contribution is -2.04. The molecule has 1 aromatic rings. The largest absolute Gasteiger partial charge is 0.508 e. The Balaban J connectivity index is 3.27. The van der Waals surface area contributed by atoms with Crippen LogP contribution in [0.1, 0.15) is 11.1 Å². The number of phenolic OH excluding ortho intramolecular Hbond substituents is 1. The van der Waals surface area contributed by atoms with Crippen molar-refractivity contribution in [3.05, 3.63) is 29.1 Å². The minimum absolute atomic E-state index is 0.279. The maximum absolute atomic E-state index is 13.2. The van der Waals surface area contributed by atoms with Crippen molar-refractivity contribution >= 4 is 5.97 Å². The molecule has 0 radical (unpaired) electrons. The van der Waals surface area contributed by atoms with E-state index in [4.69, 9.17) is 15.5 Å². The second kappa shape index (κ2) is 3.75. The molecular weight excluding hydrogens is 189 g/mol. The number of hydrogen-bond acceptors (Lipinski definition) is 3. The SMILES string of the molecule is N#Cc1ccc(O)c(CC(=O)O)c1F. The van der Waals surface area contributed by atoms with Gasteiger partial charge in [0.2, 0.25) is 0 Å². The number of nitriles is 1. The summed E-state index contributed by atoms with van der Waals surface area (Å²) in [5.74, 6) is -2.70. The molecular formula is C9H6FNO3. The smallest absolute Gasteiger partial charge is 0.308 e. The zero-order valence-electron chi connectivity index (χ0n) is 6.99. The van der Waals surface area contributed by atoms with Crippen LogP contribution < -0.4 is 0 Å². The highest BCUT2D eigenvalue weighted by Crippen LogP contribution is 2.23. The molecule has 0 aliphatic heterocycles. The predicted molar refractivity (Wildman–Crippen MR) is 44.1 cm³/mol. The Morgan fingerprint density at radius 1 is 1.57 bits per heavy atom. The normalized spacial score (nSPS) is 9.43. The van der Waals surface area contributed by atoms with Gasteiger partial charge in [0, 0.05) is 5.56 Å². The number of carboxylic acids is 1. The van der Waals surface area contributed by atoms with Gasteiger partial charge < -0.3 is 10.2 Å². The Bertz CT molecular complexity index is 423. The van der Waals surface area contributed by atoms with Gasteiger partial charge in [-0.05, 0) is 12.1 Å². The summed E-state index contributed by atoms with van der Waals surface area (Å²) < 4.78 is 13.2. The summed E-state index contributed by atoms with van der Waals surface area (Å²) in [5, 5.41) is 26.0. The second-order valence-corrected chi connectivity index (χ2v) is 2.61. The van der Waals surface area contributed by atoms with Crippen LogP contribution >= 0.6 is 0 Å². The maximum Gasteiger partial charge on any atom is 0.308 e. The lowest BCUT2D eigenvalue weighted by Gasteiger charge is -2.03. The Hall–Kier alpha value is -2.09. The molecule has 1 aromatic carbocycles. The fourth-order valence-corrected chi connectivity index (χ4v) is 1.02. The number of rotatable bonds is 2. The Labute approximate surface area is 78.8 Å². The molecule has 5 heteroatoms. The van der Waals surface area contributed by atoms with Crippen LogP contribution in [0.25, 0.3) is 0 Å². The topological polar surface area (TPSA) is 81.3 Å². The van der Waals surface area contributed by atoms with Crippen LogP contribution in [0.5, 0.6) is 5.75 Å². The van der Waals surface area contributed by atoms with Crippen molar-refractivity contribution in [3.63, 3.8) is 0 Å². The van der Waals surface area contributed by atoms with Crippen molar-refractivity contribution in [3.8, 4) is 11.8 Å². The highest BCUT2D eigenvalue weighted by molar-refractivity contribution is 5.71. The molecule has 2 N–H and O–H groups in total. The van der Waals surface area contributed by atoms with Gasteiger partial charge in [0.1, 0.15) is 17.6 Å². The van der Waals surface area contributed by atoms with Gasteiger partial charge in [-0.2, -0.15) is 5.26 Å². The quantitative estimate of drug-likeness (QED) is 0.738. The molecule has 0 spiro atoms. The summed E-state index contributed by atoms with van der Waals surface area (Å²) in [4.78, 5) is 10.3. The Morgan fingerprint density at radius 2 is 2.21 bits per heavy atom. The molecule has 0 aromatic heterocycles. The maximum atomic E-state index is 13.2. The van der Waals surface area contributed by atoms with E-state index in [1.165, 1.54) is 0 Å². The Morgan fingerprint density at radius 3 is 2.71 bits per heavy atom. The average molecular weight is 195 g/mol. The van der Waals surface area contributed by atoms with Crippen LogP contribution in [0.3, 0.4) is 0 Å². The van der Waals surface area contributed by atoms with Crippen LogP contribution in [0.4, 0.5) is 4.39 Å². The molecule has 4 nitrogen and oxygen atoms in total. The van der Waals surface area contributed by atoms with E-state index in [1.54, 1.807) is 6.07 Å². The lowest BCUT2D eigenvalue weighted by molar-refractivity contribution is -0.136. The highest BCUT2D eigenvalue weighted by Gasteiger charge is 2.15.